The average Bonchev–Trinajstić information content (AvgIpc) is 3.01. The van der Waals surface area contributed by atoms with Gasteiger partial charge in [-0.2, -0.15) is 5.10 Å². The lowest BCUT2D eigenvalue weighted by Crippen LogP contribution is -2.36. The largest absolute Gasteiger partial charge is 0.399 e. The molecule has 0 radical (unpaired) electrons. The van der Waals surface area contributed by atoms with Crippen LogP contribution in [-0.2, 0) is 30.6 Å². The van der Waals surface area contributed by atoms with E-state index in [4.69, 9.17) is 5.73 Å². The van der Waals surface area contributed by atoms with E-state index in [0.29, 0.717) is 18.7 Å². The van der Waals surface area contributed by atoms with E-state index in [-0.39, 0.29) is 18.3 Å². The van der Waals surface area contributed by atoms with Gasteiger partial charge >= 0.3 is 0 Å². The van der Waals surface area contributed by atoms with Gasteiger partial charge in [0, 0.05) is 30.0 Å². The molecule has 30 heavy (non-hydrogen) atoms. The zero-order chi connectivity index (χ0) is 21.3. The summed E-state index contributed by atoms with van der Waals surface area (Å²) in [4.78, 5) is 15.0. The van der Waals surface area contributed by atoms with Crippen LogP contribution in [0.3, 0.4) is 0 Å². The van der Waals surface area contributed by atoms with Gasteiger partial charge in [0.25, 0.3) is 0 Å². The Bertz CT molecular complexity index is 1090. The minimum absolute atomic E-state index is 0.0652. The zero-order valence-electron chi connectivity index (χ0n) is 17.5. The molecule has 0 saturated carbocycles. The molecular formula is C24H27FN4O. The van der Waals surface area contributed by atoms with E-state index in [2.05, 4.69) is 11.2 Å². The molecular weight excluding hydrogens is 379 g/mol. The van der Waals surface area contributed by atoms with Crippen LogP contribution in [0.5, 0.6) is 0 Å². The molecule has 2 heterocycles. The standard InChI is InChI=1S/C24H27FN4O/c1-3-21-14-23(19-5-7-22(25)16(2)12-19)27-29(21)15-24(30)28-10-8-17-4-6-20(26)13-18(17)9-11-28/h4-7,12-14H,3,8-11,15,26H2,1-2H3. The first-order valence-electron chi connectivity index (χ1n) is 10.4. The summed E-state index contributed by atoms with van der Waals surface area (Å²) in [6.07, 6.45) is 2.42. The fourth-order valence-corrected chi connectivity index (χ4v) is 4.04. The first-order valence-corrected chi connectivity index (χ1v) is 10.4. The van der Waals surface area contributed by atoms with Crippen molar-refractivity contribution in [1.29, 1.82) is 0 Å². The normalized spacial score (nSPS) is 13.8. The van der Waals surface area contributed by atoms with E-state index >= 15 is 0 Å². The van der Waals surface area contributed by atoms with Crippen molar-refractivity contribution in [3.8, 4) is 11.3 Å². The summed E-state index contributed by atoms with van der Waals surface area (Å²) in [6.45, 7) is 5.38. The van der Waals surface area contributed by atoms with Gasteiger partial charge in [0.2, 0.25) is 5.91 Å². The lowest BCUT2D eigenvalue weighted by Gasteiger charge is -2.20. The van der Waals surface area contributed by atoms with Gasteiger partial charge in [-0.05, 0) is 79.3 Å². The molecule has 4 rings (SSSR count). The summed E-state index contributed by atoms with van der Waals surface area (Å²) < 4.78 is 15.4. The van der Waals surface area contributed by atoms with Crippen molar-refractivity contribution < 1.29 is 9.18 Å². The van der Waals surface area contributed by atoms with Crippen molar-refractivity contribution >= 4 is 11.6 Å². The van der Waals surface area contributed by atoms with Gasteiger partial charge in [-0.3, -0.25) is 9.48 Å². The third-order valence-corrected chi connectivity index (χ3v) is 5.85. The van der Waals surface area contributed by atoms with E-state index in [0.717, 1.165) is 41.9 Å². The Morgan fingerprint density at radius 1 is 1.10 bits per heavy atom. The highest BCUT2D eigenvalue weighted by Crippen LogP contribution is 2.23. The van der Waals surface area contributed by atoms with Crippen LogP contribution in [0.4, 0.5) is 10.1 Å². The van der Waals surface area contributed by atoms with Gasteiger partial charge in [0.1, 0.15) is 12.4 Å². The van der Waals surface area contributed by atoms with Gasteiger partial charge in [-0.1, -0.05) is 13.0 Å². The van der Waals surface area contributed by atoms with Crippen LogP contribution >= 0.6 is 0 Å². The summed E-state index contributed by atoms with van der Waals surface area (Å²) in [7, 11) is 0. The second-order valence-electron chi connectivity index (χ2n) is 7.91. The molecule has 3 aromatic rings. The molecule has 1 amide bonds. The first-order chi connectivity index (χ1) is 14.4. The molecule has 2 aromatic carbocycles. The highest BCUT2D eigenvalue weighted by atomic mass is 19.1. The van der Waals surface area contributed by atoms with Gasteiger partial charge < -0.3 is 10.6 Å². The third-order valence-electron chi connectivity index (χ3n) is 5.85. The fraction of sp³-hybridized carbons (Fsp3) is 0.333. The number of fused-ring (bicyclic) bond motifs is 1. The number of aryl methyl sites for hydroxylation is 2. The molecule has 1 aromatic heterocycles. The van der Waals surface area contributed by atoms with Gasteiger partial charge in [-0.15, -0.1) is 0 Å². The summed E-state index contributed by atoms with van der Waals surface area (Å²) in [5.41, 5.74) is 12.4. The minimum Gasteiger partial charge on any atom is -0.399 e. The second kappa shape index (κ2) is 8.30. The highest BCUT2D eigenvalue weighted by molar-refractivity contribution is 5.76. The first kappa shape index (κ1) is 20.1. The van der Waals surface area contributed by atoms with Gasteiger partial charge in [0.15, 0.2) is 0 Å². The quantitative estimate of drug-likeness (QED) is 0.671. The van der Waals surface area contributed by atoms with E-state index < -0.39 is 0 Å². The average molecular weight is 407 g/mol. The van der Waals surface area contributed by atoms with Crippen molar-refractivity contribution in [2.75, 3.05) is 18.8 Å². The molecule has 5 nitrogen and oxygen atoms in total. The highest BCUT2D eigenvalue weighted by Gasteiger charge is 2.20. The molecule has 6 heteroatoms. The Hall–Kier alpha value is -3.15. The maximum atomic E-state index is 13.6. The number of nitrogen functional groups attached to an aromatic ring is 1. The predicted octanol–water partition coefficient (Wildman–Crippen LogP) is 3.77. The van der Waals surface area contributed by atoms with Crippen molar-refractivity contribution in [3.63, 3.8) is 0 Å². The number of nitrogens with two attached hydrogens (primary N) is 1. The molecule has 1 aliphatic heterocycles. The summed E-state index contributed by atoms with van der Waals surface area (Å²) in [5, 5.41) is 4.66. The topological polar surface area (TPSA) is 64.2 Å². The number of carbonyl (C=O) groups is 1. The Morgan fingerprint density at radius 3 is 2.60 bits per heavy atom. The summed E-state index contributed by atoms with van der Waals surface area (Å²) >= 11 is 0. The molecule has 0 bridgehead atoms. The predicted molar refractivity (Wildman–Crippen MR) is 117 cm³/mol. The van der Waals surface area contributed by atoms with Crippen LogP contribution in [0.2, 0.25) is 0 Å². The zero-order valence-corrected chi connectivity index (χ0v) is 17.5. The molecule has 0 spiro atoms. The fourth-order valence-electron chi connectivity index (χ4n) is 4.04. The molecule has 1 aliphatic rings. The monoisotopic (exact) mass is 406 g/mol. The maximum Gasteiger partial charge on any atom is 0.244 e. The lowest BCUT2D eigenvalue weighted by molar-refractivity contribution is -0.132. The van der Waals surface area contributed by atoms with Crippen LogP contribution in [0.15, 0.2) is 42.5 Å². The van der Waals surface area contributed by atoms with Crippen LogP contribution in [0.25, 0.3) is 11.3 Å². The summed E-state index contributed by atoms with van der Waals surface area (Å²) in [5.74, 6) is -0.164. The number of aromatic nitrogens is 2. The Labute approximate surface area is 176 Å². The van der Waals surface area contributed by atoms with Crippen LogP contribution in [0, 0.1) is 12.7 Å². The number of hydrogen-bond acceptors (Lipinski definition) is 3. The number of amides is 1. The second-order valence-corrected chi connectivity index (χ2v) is 7.91. The van der Waals surface area contributed by atoms with E-state index in [1.165, 1.54) is 17.2 Å². The van der Waals surface area contributed by atoms with Crippen molar-refractivity contribution in [3.05, 3.63) is 70.7 Å². The number of halogens is 1. The van der Waals surface area contributed by atoms with Crippen molar-refractivity contribution in [1.82, 2.24) is 14.7 Å². The Kier molecular flexibility index (Phi) is 5.57. The van der Waals surface area contributed by atoms with Crippen molar-refractivity contribution in [2.24, 2.45) is 0 Å². The summed E-state index contributed by atoms with van der Waals surface area (Å²) in [6, 6.07) is 13.0. The Morgan fingerprint density at radius 2 is 1.87 bits per heavy atom. The van der Waals surface area contributed by atoms with E-state index in [1.807, 2.05) is 30.0 Å². The van der Waals surface area contributed by atoms with E-state index in [9.17, 15) is 9.18 Å². The molecule has 0 fully saturated rings. The smallest absolute Gasteiger partial charge is 0.244 e. The van der Waals surface area contributed by atoms with Crippen LogP contribution in [-0.4, -0.2) is 33.7 Å². The Balaban J connectivity index is 1.50. The molecule has 156 valence electrons. The number of hydrogen-bond donors (Lipinski definition) is 1. The number of carbonyl (C=O) groups excluding carboxylic acids is 1. The number of nitrogens with zero attached hydrogens (tertiary/aromatic N) is 3. The molecule has 0 unspecified atom stereocenters. The van der Waals surface area contributed by atoms with E-state index in [1.54, 1.807) is 23.7 Å². The minimum atomic E-state index is -0.229. The van der Waals surface area contributed by atoms with Crippen LogP contribution in [0.1, 0.15) is 29.3 Å². The number of benzene rings is 2. The molecule has 2 N–H and O–H groups in total. The maximum absolute atomic E-state index is 13.6. The number of rotatable bonds is 4. The SMILES string of the molecule is CCc1cc(-c2ccc(F)c(C)c2)nn1CC(=O)N1CCc2ccc(N)cc2CC1. The van der Waals surface area contributed by atoms with Gasteiger partial charge in [-0.25, -0.2) is 4.39 Å². The number of anilines is 1. The molecule has 0 atom stereocenters. The van der Waals surface area contributed by atoms with Crippen molar-refractivity contribution in [2.45, 2.75) is 39.7 Å². The molecule has 0 saturated heterocycles. The third kappa shape index (κ3) is 4.08. The molecule has 0 aliphatic carbocycles. The van der Waals surface area contributed by atoms with Gasteiger partial charge in [0.05, 0.1) is 5.69 Å². The van der Waals surface area contributed by atoms with Crippen LogP contribution < -0.4 is 5.73 Å². The lowest BCUT2D eigenvalue weighted by atomic mass is 10.0.